The number of carbonyl (C=O) groups excluding carboxylic acids is 2. The van der Waals surface area contributed by atoms with Crippen molar-refractivity contribution in [1.29, 1.82) is 0 Å². The zero-order chi connectivity index (χ0) is 17.3. The molecule has 6 nitrogen and oxygen atoms in total. The topological polar surface area (TPSA) is 69.3 Å². The van der Waals surface area contributed by atoms with Crippen LogP contribution in [0, 0.1) is 11.8 Å². The van der Waals surface area contributed by atoms with Crippen molar-refractivity contribution < 1.29 is 9.59 Å². The predicted octanol–water partition coefficient (Wildman–Crippen LogP) is 2.19. The van der Waals surface area contributed by atoms with E-state index in [0.717, 1.165) is 32.0 Å². The van der Waals surface area contributed by atoms with Crippen molar-refractivity contribution in [2.24, 2.45) is 11.8 Å². The van der Waals surface area contributed by atoms with Gasteiger partial charge in [-0.2, -0.15) is 5.10 Å². The average molecular weight is 332 g/mol. The standard InChI is InChI=1S/C18H28N4O2/c1-12(2)17-11-22(8-4-7-21(17)10-14-5-6-14)18(24)16-9-15(13(3)23)19-20-16/h9,12,14,17H,4-8,10-11H2,1-3H3,(H,19,20)/t17-/m0/s1. The number of amides is 1. The Hall–Kier alpha value is -1.69. The molecule has 3 rings (SSSR count). The molecule has 6 heteroatoms. The smallest absolute Gasteiger partial charge is 0.271 e. The lowest BCUT2D eigenvalue weighted by Crippen LogP contribution is -2.46. The van der Waals surface area contributed by atoms with E-state index in [1.807, 2.05) is 4.90 Å². The summed E-state index contributed by atoms with van der Waals surface area (Å²) in [5, 5.41) is 6.67. The first-order chi connectivity index (χ1) is 11.5. The molecule has 0 radical (unpaired) electrons. The molecule has 132 valence electrons. The molecule has 1 aromatic rings. The van der Waals surface area contributed by atoms with E-state index in [0.29, 0.717) is 23.3 Å². The molecule has 1 saturated heterocycles. The summed E-state index contributed by atoms with van der Waals surface area (Å²) in [5.74, 6) is 1.19. The number of hydrogen-bond donors (Lipinski definition) is 1. The summed E-state index contributed by atoms with van der Waals surface area (Å²) in [6.45, 7) is 9.68. The zero-order valence-electron chi connectivity index (χ0n) is 14.9. The van der Waals surface area contributed by atoms with E-state index in [9.17, 15) is 9.59 Å². The Balaban J connectivity index is 1.72. The number of nitrogens with one attached hydrogen (secondary N) is 1. The minimum absolute atomic E-state index is 0.0473. The first-order valence-electron chi connectivity index (χ1n) is 9.05. The number of carbonyl (C=O) groups is 2. The second kappa shape index (κ2) is 7.05. The average Bonchev–Trinajstić information content (AvgIpc) is 3.25. The summed E-state index contributed by atoms with van der Waals surface area (Å²) in [7, 11) is 0. The molecule has 2 aliphatic rings. The third-order valence-corrected chi connectivity index (χ3v) is 5.17. The molecule has 1 aliphatic heterocycles. The molecule has 1 N–H and O–H groups in total. The van der Waals surface area contributed by atoms with Crippen molar-refractivity contribution >= 4 is 11.7 Å². The van der Waals surface area contributed by atoms with Gasteiger partial charge in [-0.25, -0.2) is 0 Å². The fourth-order valence-electron chi connectivity index (χ4n) is 3.52. The van der Waals surface area contributed by atoms with E-state index in [1.165, 1.54) is 26.3 Å². The molecule has 1 aromatic heterocycles. The van der Waals surface area contributed by atoms with Crippen LogP contribution in [0.25, 0.3) is 0 Å². The highest BCUT2D eigenvalue weighted by atomic mass is 16.2. The molecule has 1 atom stereocenters. The molecule has 0 aromatic carbocycles. The Morgan fingerprint density at radius 2 is 2.08 bits per heavy atom. The number of hydrogen-bond acceptors (Lipinski definition) is 4. The Kier molecular flexibility index (Phi) is 5.04. The van der Waals surface area contributed by atoms with Crippen molar-refractivity contribution in [3.63, 3.8) is 0 Å². The number of aromatic amines is 1. The van der Waals surface area contributed by atoms with Crippen LogP contribution in [0.3, 0.4) is 0 Å². The highest BCUT2D eigenvalue weighted by Gasteiger charge is 2.33. The molecule has 1 amide bonds. The molecule has 24 heavy (non-hydrogen) atoms. The summed E-state index contributed by atoms with van der Waals surface area (Å²) in [6.07, 6.45) is 3.70. The highest BCUT2D eigenvalue weighted by molar-refractivity contribution is 5.97. The normalized spacial score (nSPS) is 22.7. The van der Waals surface area contributed by atoms with Crippen LogP contribution in [-0.2, 0) is 0 Å². The lowest BCUT2D eigenvalue weighted by molar-refractivity contribution is 0.0698. The Bertz CT molecular complexity index is 606. The molecule has 2 heterocycles. The summed E-state index contributed by atoms with van der Waals surface area (Å²) < 4.78 is 0. The van der Waals surface area contributed by atoms with Gasteiger partial charge in [-0.1, -0.05) is 13.8 Å². The maximum atomic E-state index is 12.8. The maximum absolute atomic E-state index is 12.8. The SMILES string of the molecule is CC(=O)c1cc(C(=O)N2CCCN(CC3CC3)[C@H](C(C)C)C2)[nH]n1. The van der Waals surface area contributed by atoms with E-state index in [-0.39, 0.29) is 11.7 Å². The maximum Gasteiger partial charge on any atom is 0.271 e. The van der Waals surface area contributed by atoms with Crippen LogP contribution in [0.4, 0.5) is 0 Å². The summed E-state index contributed by atoms with van der Waals surface area (Å²) >= 11 is 0. The number of Topliss-reactive ketones (excluding diaryl/α,β-unsaturated/α-hetero) is 1. The van der Waals surface area contributed by atoms with Crippen LogP contribution in [0.5, 0.6) is 0 Å². The first kappa shape index (κ1) is 17.1. The zero-order valence-corrected chi connectivity index (χ0v) is 14.9. The molecule has 1 saturated carbocycles. The number of H-pyrrole nitrogens is 1. The summed E-state index contributed by atoms with van der Waals surface area (Å²) in [4.78, 5) is 28.7. The fourth-order valence-corrected chi connectivity index (χ4v) is 3.52. The second-order valence-electron chi connectivity index (χ2n) is 7.58. The van der Waals surface area contributed by atoms with Crippen molar-refractivity contribution in [2.45, 2.75) is 46.1 Å². The van der Waals surface area contributed by atoms with Gasteiger partial charge in [0.15, 0.2) is 5.78 Å². The largest absolute Gasteiger partial charge is 0.336 e. The van der Waals surface area contributed by atoms with Gasteiger partial charge < -0.3 is 4.90 Å². The van der Waals surface area contributed by atoms with Crippen LogP contribution >= 0.6 is 0 Å². The van der Waals surface area contributed by atoms with Gasteiger partial charge in [0.2, 0.25) is 0 Å². The van der Waals surface area contributed by atoms with Crippen LogP contribution < -0.4 is 0 Å². The molecule has 2 fully saturated rings. The van der Waals surface area contributed by atoms with Gasteiger partial charge in [-0.3, -0.25) is 19.6 Å². The van der Waals surface area contributed by atoms with Crippen LogP contribution in [0.15, 0.2) is 6.07 Å². The van der Waals surface area contributed by atoms with E-state index in [4.69, 9.17) is 0 Å². The summed E-state index contributed by atoms with van der Waals surface area (Å²) in [5.41, 5.74) is 0.738. The quantitative estimate of drug-likeness (QED) is 0.839. The highest BCUT2D eigenvalue weighted by Crippen LogP contribution is 2.32. The van der Waals surface area contributed by atoms with Crippen LogP contribution in [0.2, 0.25) is 0 Å². The van der Waals surface area contributed by atoms with Gasteiger partial charge in [-0.05, 0) is 37.2 Å². The molecule has 0 bridgehead atoms. The van der Waals surface area contributed by atoms with Gasteiger partial charge in [0.25, 0.3) is 5.91 Å². The van der Waals surface area contributed by atoms with Crippen LogP contribution in [-0.4, -0.2) is 63.9 Å². The van der Waals surface area contributed by atoms with Crippen molar-refractivity contribution in [2.75, 3.05) is 26.2 Å². The van der Waals surface area contributed by atoms with Crippen molar-refractivity contribution in [3.05, 3.63) is 17.5 Å². The Labute approximate surface area is 143 Å². The molecule has 1 aliphatic carbocycles. The predicted molar refractivity (Wildman–Crippen MR) is 92.0 cm³/mol. The van der Waals surface area contributed by atoms with E-state index in [2.05, 4.69) is 28.9 Å². The van der Waals surface area contributed by atoms with Crippen molar-refractivity contribution in [3.8, 4) is 0 Å². The monoisotopic (exact) mass is 332 g/mol. The van der Waals surface area contributed by atoms with E-state index in [1.54, 1.807) is 6.07 Å². The third-order valence-electron chi connectivity index (χ3n) is 5.17. The number of nitrogens with zero attached hydrogens (tertiary/aromatic N) is 3. The number of rotatable bonds is 5. The van der Waals surface area contributed by atoms with Gasteiger partial charge in [0, 0.05) is 39.1 Å². The minimum atomic E-state index is -0.128. The third kappa shape index (κ3) is 3.86. The fraction of sp³-hybridized carbons (Fsp3) is 0.722. The lowest BCUT2D eigenvalue weighted by Gasteiger charge is -2.34. The number of aromatic nitrogens is 2. The van der Waals surface area contributed by atoms with Crippen LogP contribution in [0.1, 0.15) is 61.0 Å². The second-order valence-corrected chi connectivity index (χ2v) is 7.58. The molecule has 0 unspecified atom stereocenters. The van der Waals surface area contributed by atoms with Gasteiger partial charge in [0.05, 0.1) is 0 Å². The van der Waals surface area contributed by atoms with Crippen molar-refractivity contribution in [1.82, 2.24) is 20.0 Å². The molecular weight excluding hydrogens is 304 g/mol. The Morgan fingerprint density at radius 1 is 1.33 bits per heavy atom. The lowest BCUT2D eigenvalue weighted by atomic mass is 10.0. The summed E-state index contributed by atoms with van der Waals surface area (Å²) in [6, 6.07) is 1.97. The van der Waals surface area contributed by atoms with Gasteiger partial charge in [0.1, 0.15) is 11.4 Å². The molecule has 0 spiro atoms. The minimum Gasteiger partial charge on any atom is -0.336 e. The first-order valence-corrected chi connectivity index (χ1v) is 9.05. The Morgan fingerprint density at radius 3 is 2.67 bits per heavy atom. The van der Waals surface area contributed by atoms with Gasteiger partial charge in [-0.15, -0.1) is 0 Å². The van der Waals surface area contributed by atoms with E-state index < -0.39 is 0 Å². The van der Waals surface area contributed by atoms with Gasteiger partial charge >= 0.3 is 0 Å². The molecular formula is C18H28N4O2. The number of ketones is 1. The van der Waals surface area contributed by atoms with E-state index >= 15 is 0 Å².